The number of piperidine rings is 1. The Bertz CT molecular complexity index is 836. The Kier molecular flexibility index (Phi) is 3.57. The van der Waals surface area contributed by atoms with Gasteiger partial charge in [-0.15, -0.1) is 0 Å². The van der Waals surface area contributed by atoms with Crippen LogP contribution in [0.25, 0.3) is 11.1 Å². The lowest BCUT2D eigenvalue weighted by atomic mass is 9.98. The first-order chi connectivity index (χ1) is 11.6. The van der Waals surface area contributed by atoms with E-state index in [0.717, 1.165) is 17.5 Å². The number of nitrogens with two attached hydrogens (primary N) is 1. The maximum absolute atomic E-state index is 13.2. The molecule has 5 heteroatoms. The fraction of sp³-hybridized carbons (Fsp3) is 0.263. The molecule has 1 saturated heterocycles. The zero-order valence-electron chi connectivity index (χ0n) is 13.0. The van der Waals surface area contributed by atoms with E-state index in [1.54, 1.807) is 17.0 Å². The number of carbonyl (C=O) groups excluding carboxylic acids is 2. The number of halogens is 1. The zero-order valence-corrected chi connectivity index (χ0v) is 13.7. The maximum atomic E-state index is 13.2. The molecular formula is C19H17ClN2O2. The van der Waals surface area contributed by atoms with Crippen LogP contribution >= 0.6 is 11.6 Å². The fourth-order valence-corrected chi connectivity index (χ4v) is 3.91. The molecule has 2 fully saturated rings. The van der Waals surface area contributed by atoms with Gasteiger partial charge in [0.25, 0.3) is 5.91 Å². The molecular weight excluding hydrogens is 324 g/mol. The van der Waals surface area contributed by atoms with Crippen LogP contribution in [0.1, 0.15) is 23.2 Å². The van der Waals surface area contributed by atoms with Crippen LogP contribution < -0.4 is 5.73 Å². The van der Waals surface area contributed by atoms with Crippen molar-refractivity contribution in [2.45, 2.75) is 24.9 Å². The lowest BCUT2D eigenvalue weighted by Crippen LogP contribution is -2.46. The second kappa shape index (κ2) is 5.64. The molecule has 2 amide bonds. The van der Waals surface area contributed by atoms with Crippen molar-refractivity contribution < 1.29 is 9.59 Å². The van der Waals surface area contributed by atoms with E-state index in [2.05, 4.69) is 0 Å². The Balaban J connectivity index is 1.74. The van der Waals surface area contributed by atoms with Crippen LogP contribution in [0.15, 0.2) is 48.5 Å². The van der Waals surface area contributed by atoms with Gasteiger partial charge in [-0.2, -0.15) is 0 Å². The van der Waals surface area contributed by atoms with Crippen molar-refractivity contribution in [1.29, 1.82) is 0 Å². The summed E-state index contributed by atoms with van der Waals surface area (Å²) in [6.45, 7) is 0. The van der Waals surface area contributed by atoms with Crippen molar-refractivity contribution in [3.8, 4) is 11.1 Å². The van der Waals surface area contributed by atoms with Gasteiger partial charge in [0, 0.05) is 16.6 Å². The summed E-state index contributed by atoms with van der Waals surface area (Å²) in [7, 11) is 0. The number of benzene rings is 2. The predicted molar refractivity (Wildman–Crippen MR) is 92.6 cm³/mol. The van der Waals surface area contributed by atoms with Crippen LogP contribution in [0.3, 0.4) is 0 Å². The first kappa shape index (κ1) is 15.2. The number of hydrogen-bond acceptors (Lipinski definition) is 2. The van der Waals surface area contributed by atoms with Crippen LogP contribution in [0.4, 0.5) is 0 Å². The zero-order chi connectivity index (χ0) is 16.8. The molecule has 2 aromatic carbocycles. The first-order valence-corrected chi connectivity index (χ1v) is 8.41. The van der Waals surface area contributed by atoms with Crippen molar-refractivity contribution in [3.63, 3.8) is 0 Å². The lowest BCUT2D eigenvalue weighted by Gasteiger charge is -2.26. The Labute approximate surface area is 145 Å². The molecule has 4 nitrogen and oxygen atoms in total. The topological polar surface area (TPSA) is 63.4 Å². The SMILES string of the molecule is NC(=O)[C@@H]1C[C@H]2C[C@@H]2N1C(=O)c1ccccc1-c1cccc(Cl)c1. The van der Waals surface area contributed by atoms with Gasteiger partial charge in [-0.05, 0) is 48.1 Å². The number of amides is 2. The summed E-state index contributed by atoms with van der Waals surface area (Å²) in [6.07, 6.45) is 1.65. The smallest absolute Gasteiger partial charge is 0.255 e. The van der Waals surface area contributed by atoms with E-state index in [0.29, 0.717) is 22.9 Å². The van der Waals surface area contributed by atoms with Gasteiger partial charge in [0.15, 0.2) is 0 Å². The minimum atomic E-state index is -0.492. The highest BCUT2D eigenvalue weighted by atomic mass is 35.5. The summed E-state index contributed by atoms with van der Waals surface area (Å²) >= 11 is 6.09. The van der Waals surface area contributed by atoms with E-state index < -0.39 is 11.9 Å². The van der Waals surface area contributed by atoms with Crippen LogP contribution in [-0.4, -0.2) is 28.8 Å². The molecule has 2 aliphatic rings. The minimum absolute atomic E-state index is 0.126. The summed E-state index contributed by atoms with van der Waals surface area (Å²) in [5.74, 6) is -0.125. The van der Waals surface area contributed by atoms with Gasteiger partial charge in [0.1, 0.15) is 6.04 Å². The molecule has 0 unspecified atom stereocenters. The number of carbonyl (C=O) groups is 2. The van der Waals surface area contributed by atoms with Gasteiger partial charge in [0.05, 0.1) is 0 Å². The Morgan fingerprint density at radius 1 is 1.08 bits per heavy atom. The number of primary amides is 1. The second-order valence-electron chi connectivity index (χ2n) is 6.49. The first-order valence-electron chi connectivity index (χ1n) is 8.03. The van der Waals surface area contributed by atoms with Crippen molar-refractivity contribution in [1.82, 2.24) is 4.90 Å². The molecule has 1 aliphatic carbocycles. The third-order valence-electron chi connectivity index (χ3n) is 4.96. The predicted octanol–water partition coefficient (Wildman–Crippen LogP) is 3.10. The number of likely N-dealkylation sites (tertiary alicyclic amines) is 1. The van der Waals surface area contributed by atoms with Crippen LogP contribution in [-0.2, 0) is 4.79 Å². The summed E-state index contributed by atoms with van der Waals surface area (Å²) in [5.41, 5.74) is 7.79. The molecule has 24 heavy (non-hydrogen) atoms. The molecule has 122 valence electrons. The third-order valence-corrected chi connectivity index (χ3v) is 5.20. The number of fused-ring (bicyclic) bond motifs is 1. The molecule has 2 aromatic rings. The molecule has 0 radical (unpaired) electrons. The second-order valence-corrected chi connectivity index (χ2v) is 6.92. The van der Waals surface area contributed by atoms with Gasteiger partial charge in [-0.1, -0.05) is 41.9 Å². The van der Waals surface area contributed by atoms with Crippen molar-refractivity contribution in [2.75, 3.05) is 0 Å². The maximum Gasteiger partial charge on any atom is 0.255 e. The average Bonchev–Trinajstić information content (AvgIpc) is 3.24. The monoisotopic (exact) mass is 340 g/mol. The number of hydrogen-bond donors (Lipinski definition) is 1. The van der Waals surface area contributed by atoms with E-state index >= 15 is 0 Å². The van der Waals surface area contributed by atoms with E-state index in [4.69, 9.17) is 17.3 Å². The van der Waals surface area contributed by atoms with E-state index in [9.17, 15) is 9.59 Å². The van der Waals surface area contributed by atoms with E-state index in [-0.39, 0.29) is 11.9 Å². The molecule has 1 aliphatic heterocycles. The van der Waals surface area contributed by atoms with Gasteiger partial charge in [-0.25, -0.2) is 0 Å². The summed E-state index contributed by atoms with van der Waals surface area (Å²) in [5, 5.41) is 0.619. The van der Waals surface area contributed by atoms with Gasteiger partial charge in [-0.3, -0.25) is 9.59 Å². The van der Waals surface area contributed by atoms with Gasteiger partial charge in [0.2, 0.25) is 5.91 Å². The summed E-state index contributed by atoms with van der Waals surface area (Å²) in [6, 6.07) is 14.5. The summed E-state index contributed by atoms with van der Waals surface area (Å²) < 4.78 is 0. The lowest BCUT2D eigenvalue weighted by molar-refractivity contribution is -0.122. The van der Waals surface area contributed by atoms with Crippen LogP contribution in [0.5, 0.6) is 0 Å². The largest absolute Gasteiger partial charge is 0.368 e. The van der Waals surface area contributed by atoms with Crippen molar-refractivity contribution in [2.24, 2.45) is 11.7 Å². The van der Waals surface area contributed by atoms with Gasteiger partial charge >= 0.3 is 0 Å². The molecule has 1 saturated carbocycles. The molecule has 0 bridgehead atoms. The Hall–Kier alpha value is -2.33. The highest BCUT2D eigenvalue weighted by molar-refractivity contribution is 6.30. The van der Waals surface area contributed by atoms with E-state index in [1.165, 1.54) is 0 Å². The molecule has 3 atom stereocenters. The molecule has 0 spiro atoms. The quantitative estimate of drug-likeness (QED) is 0.933. The van der Waals surface area contributed by atoms with E-state index in [1.807, 2.05) is 36.4 Å². The Morgan fingerprint density at radius 3 is 2.62 bits per heavy atom. The highest BCUT2D eigenvalue weighted by Crippen LogP contribution is 2.48. The molecule has 2 N–H and O–H groups in total. The van der Waals surface area contributed by atoms with Gasteiger partial charge < -0.3 is 10.6 Å². The number of nitrogens with zero attached hydrogens (tertiary/aromatic N) is 1. The minimum Gasteiger partial charge on any atom is -0.368 e. The van der Waals surface area contributed by atoms with Crippen LogP contribution in [0, 0.1) is 5.92 Å². The van der Waals surface area contributed by atoms with Crippen LogP contribution in [0.2, 0.25) is 5.02 Å². The summed E-state index contributed by atoms with van der Waals surface area (Å²) in [4.78, 5) is 26.6. The third kappa shape index (κ3) is 2.47. The molecule has 4 rings (SSSR count). The molecule has 1 heterocycles. The van der Waals surface area contributed by atoms with Crippen molar-refractivity contribution in [3.05, 3.63) is 59.1 Å². The standard InChI is InChI=1S/C19H17ClN2O2/c20-13-5-3-4-11(8-13)14-6-1-2-7-15(14)19(24)22-16-9-12(16)10-17(22)18(21)23/h1-8,12,16-17H,9-10H2,(H2,21,23)/t12-,16+,17+/m1/s1. The fourth-order valence-electron chi connectivity index (χ4n) is 3.72. The Morgan fingerprint density at radius 2 is 1.88 bits per heavy atom. The van der Waals surface area contributed by atoms with Crippen molar-refractivity contribution >= 4 is 23.4 Å². The highest BCUT2D eigenvalue weighted by Gasteiger charge is 2.55. The number of rotatable bonds is 3. The normalized spacial score (nSPS) is 24.5. The average molecular weight is 341 g/mol. The molecule has 0 aromatic heterocycles.